The molecule has 1 saturated heterocycles. The maximum absolute atomic E-state index is 12.2. The Hall–Kier alpha value is -2.57. The van der Waals surface area contributed by atoms with Crippen LogP contribution in [0.1, 0.15) is 11.1 Å². The summed E-state index contributed by atoms with van der Waals surface area (Å²) in [6.45, 7) is 6.69. The number of amides is 1. The topological polar surface area (TPSA) is 56.4 Å². The van der Waals surface area contributed by atoms with Crippen molar-refractivity contribution in [2.24, 2.45) is 0 Å². The normalized spacial score (nSPS) is 21.0. The lowest BCUT2D eigenvalue weighted by atomic mass is 10.1. The molecule has 0 bridgehead atoms. The fourth-order valence-corrected chi connectivity index (χ4v) is 3.74. The molecule has 1 amide bonds. The largest absolute Gasteiger partial charge is 0.454 e. The number of hydrogen-bond acceptors (Lipinski definition) is 3. The number of carbonyl (C=O) groups is 1. The lowest BCUT2D eigenvalue weighted by Gasteiger charge is -2.29. The maximum atomic E-state index is 12.2. The molecule has 4 rings (SSSR count). The molecular weight excluding hydrogens is 342 g/mol. The highest BCUT2D eigenvalue weighted by Crippen LogP contribution is 2.32. The average molecular weight is 369 g/mol. The second kappa shape index (κ2) is 8.41. The monoisotopic (exact) mass is 369 g/mol. The summed E-state index contributed by atoms with van der Waals surface area (Å²) in [5, 5.41) is 3.03. The van der Waals surface area contributed by atoms with Crippen molar-refractivity contribution in [1.82, 2.24) is 5.32 Å². The van der Waals surface area contributed by atoms with E-state index in [4.69, 9.17) is 9.47 Å². The number of fused-ring (bicyclic) bond motifs is 1. The predicted octanol–water partition coefficient (Wildman–Crippen LogP) is -0.985. The quantitative estimate of drug-likeness (QED) is 0.613. The van der Waals surface area contributed by atoms with Crippen molar-refractivity contribution < 1.29 is 24.1 Å². The van der Waals surface area contributed by atoms with Crippen LogP contribution in [0.15, 0.2) is 48.5 Å². The zero-order chi connectivity index (χ0) is 18.5. The molecule has 0 spiro atoms. The zero-order valence-electron chi connectivity index (χ0n) is 15.5. The molecule has 2 heterocycles. The number of quaternary nitrogens is 2. The van der Waals surface area contributed by atoms with Gasteiger partial charge in [0.2, 0.25) is 6.79 Å². The Kier molecular flexibility index (Phi) is 5.55. The minimum atomic E-state index is 0.132. The maximum Gasteiger partial charge on any atom is 0.275 e. The van der Waals surface area contributed by atoms with Crippen molar-refractivity contribution in [2.75, 3.05) is 39.5 Å². The summed E-state index contributed by atoms with van der Waals surface area (Å²) in [4.78, 5) is 15.1. The summed E-state index contributed by atoms with van der Waals surface area (Å²) in [6.07, 6.45) is 0. The van der Waals surface area contributed by atoms with E-state index in [1.165, 1.54) is 10.5 Å². The van der Waals surface area contributed by atoms with Crippen LogP contribution >= 0.6 is 0 Å². The Morgan fingerprint density at radius 1 is 0.889 bits per heavy atom. The summed E-state index contributed by atoms with van der Waals surface area (Å²) >= 11 is 0. The van der Waals surface area contributed by atoms with E-state index in [0.29, 0.717) is 19.9 Å². The molecule has 27 heavy (non-hydrogen) atoms. The van der Waals surface area contributed by atoms with Crippen LogP contribution in [0.25, 0.3) is 0 Å². The number of hydrogen-bond donors (Lipinski definition) is 3. The Labute approximate surface area is 159 Å². The van der Waals surface area contributed by atoms with Gasteiger partial charge in [-0.3, -0.25) is 4.79 Å². The summed E-state index contributed by atoms with van der Waals surface area (Å²) in [5.74, 6) is 1.82. The van der Waals surface area contributed by atoms with Crippen LogP contribution < -0.4 is 24.6 Å². The SMILES string of the molecule is O=C(C[NH+]1CC[NH+](Cc2ccc3c(c2)OCO3)CC1)NCc1ccccc1. The molecule has 1 fully saturated rings. The van der Waals surface area contributed by atoms with Gasteiger partial charge in [0, 0.05) is 12.1 Å². The molecule has 0 saturated carbocycles. The molecular formula is C21H27N3O3+2. The van der Waals surface area contributed by atoms with Gasteiger partial charge in [-0.1, -0.05) is 30.3 Å². The smallest absolute Gasteiger partial charge is 0.275 e. The van der Waals surface area contributed by atoms with Gasteiger partial charge in [0.25, 0.3) is 5.91 Å². The summed E-state index contributed by atoms with van der Waals surface area (Å²) in [5.41, 5.74) is 2.41. The molecule has 0 unspecified atom stereocenters. The third-order valence-corrected chi connectivity index (χ3v) is 5.30. The van der Waals surface area contributed by atoms with Gasteiger partial charge in [-0.15, -0.1) is 0 Å². The van der Waals surface area contributed by atoms with Crippen LogP contribution in [0.3, 0.4) is 0 Å². The highest BCUT2D eigenvalue weighted by atomic mass is 16.7. The molecule has 2 aliphatic heterocycles. The number of rotatable bonds is 6. The van der Waals surface area contributed by atoms with E-state index in [1.807, 2.05) is 36.4 Å². The lowest BCUT2D eigenvalue weighted by Crippen LogP contribution is -3.28. The fraction of sp³-hybridized carbons (Fsp3) is 0.381. The summed E-state index contributed by atoms with van der Waals surface area (Å²) in [7, 11) is 0. The van der Waals surface area contributed by atoms with Crippen LogP contribution in [-0.4, -0.2) is 45.4 Å². The van der Waals surface area contributed by atoms with E-state index in [0.717, 1.165) is 49.8 Å². The lowest BCUT2D eigenvalue weighted by molar-refractivity contribution is -1.02. The Morgan fingerprint density at radius 2 is 1.63 bits per heavy atom. The van der Waals surface area contributed by atoms with Crippen LogP contribution in [0.2, 0.25) is 0 Å². The summed E-state index contributed by atoms with van der Waals surface area (Å²) < 4.78 is 10.8. The number of nitrogens with one attached hydrogen (secondary N) is 3. The van der Waals surface area contributed by atoms with Crippen molar-refractivity contribution in [3.8, 4) is 11.5 Å². The van der Waals surface area contributed by atoms with E-state index in [9.17, 15) is 4.79 Å². The van der Waals surface area contributed by atoms with Gasteiger partial charge in [-0.05, 0) is 23.8 Å². The minimum Gasteiger partial charge on any atom is -0.454 e. The third kappa shape index (κ3) is 4.78. The van der Waals surface area contributed by atoms with E-state index in [-0.39, 0.29) is 5.91 Å². The highest BCUT2D eigenvalue weighted by molar-refractivity contribution is 5.76. The number of piperazine rings is 1. The van der Waals surface area contributed by atoms with E-state index in [1.54, 1.807) is 4.90 Å². The number of carbonyl (C=O) groups excluding carboxylic acids is 1. The van der Waals surface area contributed by atoms with Crippen LogP contribution in [0.4, 0.5) is 0 Å². The first kappa shape index (κ1) is 17.8. The van der Waals surface area contributed by atoms with Gasteiger partial charge in [-0.25, -0.2) is 0 Å². The zero-order valence-corrected chi connectivity index (χ0v) is 15.5. The molecule has 0 atom stereocenters. The highest BCUT2D eigenvalue weighted by Gasteiger charge is 2.25. The van der Waals surface area contributed by atoms with Gasteiger partial charge < -0.3 is 24.6 Å². The van der Waals surface area contributed by atoms with Crippen LogP contribution in [0.5, 0.6) is 11.5 Å². The van der Waals surface area contributed by atoms with E-state index < -0.39 is 0 Å². The molecule has 0 aliphatic carbocycles. The van der Waals surface area contributed by atoms with Gasteiger partial charge in [-0.2, -0.15) is 0 Å². The summed E-state index contributed by atoms with van der Waals surface area (Å²) in [6, 6.07) is 16.2. The second-order valence-electron chi connectivity index (χ2n) is 7.30. The fourth-order valence-electron chi connectivity index (χ4n) is 3.74. The first-order valence-corrected chi connectivity index (χ1v) is 9.62. The standard InChI is InChI=1S/C21H25N3O3/c25-21(22-13-17-4-2-1-3-5-17)15-24-10-8-23(9-11-24)14-18-6-7-19-20(12-18)27-16-26-19/h1-7,12H,8-11,13-16H2,(H,22,25)/p+2. The predicted molar refractivity (Wildman–Crippen MR) is 101 cm³/mol. The Balaban J connectivity index is 1.19. The van der Waals surface area contributed by atoms with Crippen molar-refractivity contribution in [2.45, 2.75) is 13.1 Å². The molecule has 6 nitrogen and oxygen atoms in total. The molecule has 3 N–H and O–H groups in total. The Bertz CT molecular complexity index is 773. The van der Waals surface area contributed by atoms with Gasteiger partial charge in [0.15, 0.2) is 18.0 Å². The minimum absolute atomic E-state index is 0.132. The van der Waals surface area contributed by atoms with Crippen LogP contribution in [0, 0.1) is 0 Å². The van der Waals surface area contributed by atoms with E-state index >= 15 is 0 Å². The van der Waals surface area contributed by atoms with Gasteiger partial charge in [0.1, 0.15) is 32.7 Å². The van der Waals surface area contributed by atoms with Gasteiger partial charge in [0.05, 0.1) is 0 Å². The van der Waals surface area contributed by atoms with Crippen molar-refractivity contribution >= 4 is 5.91 Å². The van der Waals surface area contributed by atoms with Crippen molar-refractivity contribution in [1.29, 1.82) is 0 Å². The van der Waals surface area contributed by atoms with E-state index in [2.05, 4.69) is 17.4 Å². The Morgan fingerprint density at radius 3 is 2.44 bits per heavy atom. The number of benzene rings is 2. The van der Waals surface area contributed by atoms with Gasteiger partial charge >= 0.3 is 0 Å². The second-order valence-corrected chi connectivity index (χ2v) is 7.30. The average Bonchev–Trinajstić information content (AvgIpc) is 3.17. The number of ether oxygens (including phenoxy) is 2. The molecule has 2 aromatic carbocycles. The van der Waals surface area contributed by atoms with Crippen LogP contribution in [-0.2, 0) is 17.9 Å². The third-order valence-electron chi connectivity index (χ3n) is 5.30. The molecule has 6 heteroatoms. The van der Waals surface area contributed by atoms with Crippen molar-refractivity contribution in [3.05, 3.63) is 59.7 Å². The molecule has 2 aromatic rings. The first-order valence-electron chi connectivity index (χ1n) is 9.62. The molecule has 0 radical (unpaired) electrons. The van der Waals surface area contributed by atoms with Crippen molar-refractivity contribution in [3.63, 3.8) is 0 Å². The molecule has 2 aliphatic rings. The molecule has 0 aromatic heterocycles. The first-order chi connectivity index (χ1) is 13.3. The molecule has 142 valence electrons.